The number of non-ortho nitro benzene ring substituents is 1. The third-order valence-electron chi connectivity index (χ3n) is 4.15. The number of nitro groups is 1. The number of nitro benzene ring substituents is 1. The molecular formula is C20H7Cl2N5O4. The van der Waals surface area contributed by atoms with Gasteiger partial charge in [0.05, 0.1) is 15.8 Å². The lowest BCUT2D eigenvalue weighted by atomic mass is 9.96. The number of fused-ring (bicyclic) bond motifs is 3. The van der Waals surface area contributed by atoms with Gasteiger partial charge in [-0.1, -0.05) is 29.3 Å². The Morgan fingerprint density at radius 2 is 1.42 bits per heavy atom. The van der Waals surface area contributed by atoms with Crippen LogP contribution in [0, 0.1) is 32.8 Å². The van der Waals surface area contributed by atoms with Gasteiger partial charge in [0, 0.05) is 23.8 Å². The summed E-state index contributed by atoms with van der Waals surface area (Å²) >= 11 is 10.8. The molecule has 0 fully saturated rings. The fraction of sp³-hybridized carbons (Fsp3) is 0. The van der Waals surface area contributed by atoms with Crippen molar-refractivity contribution in [1.82, 2.24) is 9.97 Å². The first-order valence-corrected chi connectivity index (χ1v) is 9.03. The Hall–Kier alpha value is -4.18. The zero-order valence-electron chi connectivity index (χ0n) is 15.2. The predicted molar refractivity (Wildman–Crippen MR) is 111 cm³/mol. The molecule has 0 N–H and O–H groups in total. The Bertz CT molecular complexity index is 1400. The van der Waals surface area contributed by atoms with E-state index in [-0.39, 0.29) is 5.69 Å². The second kappa shape index (κ2) is 8.67. The molecule has 3 aromatic rings. The molecule has 9 nitrogen and oxygen atoms in total. The van der Waals surface area contributed by atoms with E-state index in [2.05, 4.69) is 9.97 Å². The molecule has 0 radical (unpaired) electrons. The van der Waals surface area contributed by atoms with Crippen LogP contribution in [0.25, 0.3) is 21.8 Å². The Labute approximate surface area is 183 Å². The van der Waals surface area contributed by atoms with Crippen molar-refractivity contribution in [3.63, 3.8) is 0 Å². The molecule has 2 heterocycles. The summed E-state index contributed by atoms with van der Waals surface area (Å²) in [5, 5.41) is 28.3. The highest BCUT2D eigenvalue weighted by molar-refractivity contribution is 6.59. The Balaban J connectivity index is 0.000000180. The van der Waals surface area contributed by atoms with E-state index in [1.54, 1.807) is 36.7 Å². The minimum Gasteiger partial charge on any atom is -0.287 e. The number of aromatic nitrogens is 2. The van der Waals surface area contributed by atoms with Crippen molar-refractivity contribution in [3.05, 3.63) is 74.1 Å². The SMILES string of the molecule is N#CC1=C(C#N)C(=O)C(Cl)=C(Cl)C1=O.O=[N+]([O-])c1cc2cccnc2c2ncccc12. The zero-order chi connectivity index (χ0) is 22.7. The number of nitrogens with zero attached hydrogens (tertiary/aromatic N) is 5. The van der Waals surface area contributed by atoms with E-state index in [1.807, 2.05) is 0 Å². The topological polar surface area (TPSA) is 151 Å². The molecule has 0 bridgehead atoms. The maximum absolute atomic E-state index is 11.2. The smallest absolute Gasteiger partial charge is 0.279 e. The molecule has 0 unspecified atom stereocenters. The normalized spacial score (nSPS) is 13.5. The number of benzene rings is 1. The number of carbonyl (C=O) groups excluding carboxylic acids is 2. The Kier molecular flexibility index (Phi) is 6.02. The van der Waals surface area contributed by atoms with Crippen LogP contribution < -0.4 is 0 Å². The number of halogens is 2. The highest BCUT2D eigenvalue weighted by atomic mass is 35.5. The fourth-order valence-corrected chi connectivity index (χ4v) is 3.13. The number of pyridine rings is 2. The Morgan fingerprint density at radius 3 is 1.94 bits per heavy atom. The van der Waals surface area contributed by atoms with Gasteiger partial charge in [0.2, 0.25) is 11.6 Å². The fourth-order valence-electron chi connectivity index (χ4n) is 2.77. The quantitative estimate of drug-likeness (QED) is 0.234. The van der Waals surface area contributed by atoms with Crippen LogP contribution in [0.1, 0.15) is 0 Å². The summed E-state index contributed by atoms with van der Waals surface area (Å²) in [6.07, 6.45) is 3.27. The number of hydrogen-bond acceptors (Lipinski definition) is 8. The van der Waals surface area contributed by atoms with Crippen molar-refractivity contribution in [2.45, 2.75) is 0 Å². The van der Waals surface area contributed by atoms with Crippen LogP contribution in [-0.2, 0) is 9.59 Å². The molecule has 1 aliphatic rings. The molecule has 11 heteroatoms. The zero-order valence-corrected chi connectivity index (χ0v) is 16.7. The van der Waals surface area contributed by atoms with Crippen LogP contribution in [0.15, 0.2) is 63.9 Å². The lowest BCUT2D eigenvalue weighted by Gasteiger charge is -2.08. The van der Waals surface area contributed by atoms with Crippen LogP contribution in [0.5, 0.6) is 0 Å². The molecule has 4 rings (SSSR count). The van der Waals surface area contributed by atoms with Crippen molar-refractivity contribution in [3.8, 4) is 12.1 Å². The predicted octanol–water partition coefficient (Wildman–Crippen LogP) is 3.86. The van der Waals surface area contributed by atoms with Crippen molar-refractivity contribution >= 4 is 62.3 Å². The molecule has 2 aromatic heterocycles. The minimum atomic E-state index is -0.893. The summed E-state index contributed by atoms with van der Waals surface area (Å²) in [5.41, 5.74) is 0.193. The molecule has 0 saturated carbocycles. The molecule has 0 aliphatic heterocycles. The van der Waals surface area contributed by atoms with E-state index in [4.69, 9.17) is 33.7 Å². The van der Waals surface area contributed by atoms with Crippen molar-refractivity contribution in [1.29, 1.82) is 10.5 Å². The molecule has 0 saturated heterocycles. The van der Waals surface area contributed by atoms with E-state index < -0.39 is 37.7 Å². The monoisotopic (exact) mass is 451 g/mol. The highest BCUT2D eigenvalue weighted by Gasteiger charge is 2.33. The first kappa shape index (κ1) is 21.5. The van der Waals surface area contributed by atoms with E-state index in [0.29, 0.717) is 16.4 Å². The third-order valence-corrected chi connectivity index (χ3v) is 4.97. The van der Waals surface area contributed by atoms with E-state index >= 15 is 0 Å². The average Bonchev–Trinajstić information content (AvgIpc) is 2.79. The number of Topliss-reactive ketones (excluding diaryl/α,β-unsaturated/α-hetero) is 2. The van der Waals surface area contributed by atoms with Crippen LogP contribution in [0.2, 0.25) is 0 Å². The lowest BCUT2D eigenvalue weighted by Crippen LogP contribution is -2.18. The van der Waals surface area contributed by atoms with Gasteiger partial charge in [-0.2, -0.15) is 10.5 Å². The average molecular weight is 452 g/mol. The van der Waals surface area contributed by atoms with E-state index in [0.717, 1.165) is 5.39 Å². The molecule has 1 aliphatic carbocycles. The molecule has 31 heavy (non-hydrogen) atoms. The van der Waals surface area contributed by atoms with Crippen LogP contribution in [0.4, 0.5) is 5.69 Å². The van der Waals surface area contributed by atoms with Gasteiger partial charge in [-0.25, -0.2) is 0 Å². The summed E-state index contributed by atoms with van der Waals surface area (Å²) in [6.45, 7) is 0. The number of rotatable bonds is 1. The van der Waals surface area contributed by atoms with E-state index in [9.17, 15) is 19.7 Å². The number of allylic oxidation sites excluding steroid dienone is 4. The highest BCUT2D eigenvalue weighted by Crippen LogP contribution is 2.30. The summed E-state index contributed by atoms with van der Waals surface area (Å²) in [6, 6.07) is 11.3. The van der Waals surface area contributed by atoms with Crippen LogP contribution in [-0.4, -0.2) is 26.5 Å². The number of carbonyl (C=O) groups is 2. The van der Waals surface area contributed by atoms with Gasteiger partial charge < -0.3 is 0 Å². The minimum absolute atomic E-state index is 0.0635. The number of nitriles is 2. The second-order valence-corrected chi connectivity index (χ2v) is 6.64. The molecule has 1 aromatic carbocycles. The molecule has 0 amide bonds. The van der Waals surface area contributed by atoms with Gasteiger partial charge >= 0.3 is 0 Å². The first-order valence-electron chi connectivity index (χ1n) is 8.27. The molecular weight excluding hydrogens is 445 g/mol. The maximum atomic E-state index is 11.2. The van der Waals surface area contributed by atoms with Crippen molar-refractivity contribution in [2.24, 2.45) is 0 Å². The second-order valence-electron chi connectivity index (χ2n) is 5.89. The summed E-state index contributed by atoms with van der Waals surface area (Å²) in [7, 11) is 0. The lowest BCUT2D eigenvalue weighted by molar-refractivity contribution is -0.382. The van der Waals surface area contributed by atoms with Gasteiger partial charge in [0.1, 0.15) is 38.9 Å². The van der Waals surface area contributed by atoms with E-state index in [1.165, 1.54) is 18.2 Å². The van der Waals surface area contributed by atoms with Gasteiger partial charge in [-0.15, -0.1) is 0 Å². The summed E-state index contributed by atoms with van der Waals surface area (Å²) in [5.74, 6) is -1.79. The van der Waals surface area contributed by atoms with Crippen LogP contribution >= 0.6 is 23.2 Å². The molecule has 0 atom stereocenters. The van der Waals surface area contributed by atoms with Crippen molar-refractivity contribution in [2.75, 3.05) is 0 Å². The molecule has 150 valence electrons. The van der Waals surface area contributed by atoms with Crippen LogP contribution in [0.3, 0.4) is 0 Å². The number of ketones is 2. The standard InChI is InChI=1S/C12H7N3O2.C8Cl2N2O2/c16-15(17)10-7-8-3-1-5-13-11(8)12-9(10)4-2-6-14-12;9-5-6(10)8(14)4(2-12)3(1-11)7(5)13/h1-7H;. The Morgan fingerprint density at radius 1 is 0.903 bits per heavy atom. The van der Waals surface area contributed by atoms with Gasteiger partial charge in [-0.05, 0) is 18.2 Å². The number of hydrogen-bond donors (Lipinski definition) is 0. The van der Waals surface area contributed by atoms with Gasteiger partial charge in [0.25, 0.3) is 5.69 Å². The van der Waals surface area contributed by atoms with Gasteiger partial charge in [0.15, 0.2) is 0 Å². The first-order chi connectivity index (χ1) is 14.8. The summed E-state index contributed by atoms with van der Waals surface area (Å²) < 4.78 is 0. The largest absolute Gasteiger partial charge is 0.287 e. The van der Waals surface area contributed by atoms with Gasteiger partial charge in [-0.3, -0.25) is 29.7 Å². The summed E-state index contributed by atoms with van der Waals surface area (Å²) in [4.78, 5) is 41.5. The molecule has 0 spiro atoms. The van der Waals surface area contributed by atoms with Crippen molar-refractivity contribution < 1.29 is 14.5 Å². The maximum Gasteiger partial charge on any atom is 0.279 e. The third kappa shape index (κ3) is 3.83.